The van der Waals surface area contributed by atoms with Crippen molar-refractivity contribution >= 4 is 30.1 Å². The van der Waals surface area contributed by atoms with Gasteiger partial charge in [-0.2, -0.15) is 11.8 Å². The van der Waals surface area contributed by atoms with Gasteiger partial charge in [-0.25, -0.2) is 0 Å². The van der Waals surface area contributed by atoms with Crippen LogP contribution >= 0.6 is 24.2 Å². The summed E-state index contributed by atoms with van der Waals surface area (Å²) >= 11 is 1.92. The average Bonchev–Trinajstić information content (AvgIpc) is 2.39. The van der Waals surface area contributed by atoms with E-state index in [1.54, 1.807) is 0 Å². The maximum atomic E-state index is 12.1. The molecule has 1 aliphatic rings. The second-order valence-corrected chi connectivity index (χ2v) is 6.73. The molecule has 1 heterocycles. The molecule has 118 valence electrons. The van der Waals surface area contributed by atoms with Crippen LogP contribution < -0.4 is 10.6 Å². The van der Waals surface area contributed by atoms with Gasteiger partial charge >= 0.3 is 0 Å². The highest BCUT2D eigenvalue weighted by atomic mass is 35.5. The van der Waals surface area contributed by atoms with Crippen LogP contribution in [-0.2, 0) is 4.79 Å². The zero-order valence-electron chi connectivity index (χ0n) is 12.9. The van der Waals surface area contributed by atoms with E-state index in [0.29, 0.717) is 12.5 Å². The van der Waals surface area contributed by atoms with Crippen LogP contribution in [0.3, 0.4) is 0 Å². The number of nitrogens with one attached hydrogen (secondary N) is 2. The van der Waals surface area contributed by atoms with E-state index in [1.165, 1.54) is 16.7 Å². The molecule has 1 aromatic rings. The molecule has 1 amide bonds. The van der Waals surface area contributed by atoms with Crippen LogP contribution in [0.2, 0.25) is 0 Å². The Labute approximate surface area is 138 Å². The molecule has 2 rings (SSSR count). The van der Waals surface area contributed by atoms with Crippen molar-refractivity contribution in [2.24, 2.45) is 0 Å². The quantitative estimate of drug-likeness (QED) is 0.892. The Morgan fingerprint density at radius 2 is 2.24 bits per heavy atom. The average molecular weight is 329 g/mol. The van der Waals surface area contributed by atoms with E-state index in [2.05, 4.69) is 49.6 Å². The SMILES string of the molecule is Cc1ccc(C(C)NC(=O)CC2CSCCN2)c(C)c1.Cl. The van der Waals surface area contributed by atoms with Crippen LogP contribution in [0, 0.1) is 13.8 Å². The summed E-state index contributed by atoms with van der Waals surface area (Å²) < 4.78 is 0. The summed E-state index contributed by atoms with van der Waals surface area (Å²) in [5.41, 5.74) is 3.70. The summed E-state index contributed by atoms with van der Waals surface area (Å²) in [5.74, 6) is 2.32. The van der Waals surface area contributed by atoms with E-state index >= 15 is 0 Å². The monoisotopic (exact) mass is 328 g/mol. The standard InChI is InChI=1S/C16H24N2OS.ClH/c1-11-4-5-15(12(2)8-11)13(3)18-16(19)9-14-10-20-7-6-17-14;/h4-5,8,13-14,17H,6-7,9-10H2,1-3H3,(H,18,19);1H. The van der Waals surface area contributed by atoms with Crippen molar-refractivity contribution in [2.45, 2.75) is 39.3 Å². The zero-order valence-corrected chi connectivity index (χ0v) is 14.6. The van der Waals surface area contributed by atoms with E-state index in [1.807, 2.05) is 11.8 Å². The number of rotatable bonds is 4. The van der Waals surface area contributed by atoms with Crippen LogP contribution in [-0.4, -0.2) is 30.0 Å². The van der Waals surface area contributed by atoms with Crippen molar-refractivity contribution in [3.05, 3.63) is 34.9 Å². The summed E-state index contributed by atoms with van der Waals surface area (Å²) in [6.07, 6.45) is 0.572. The van der Waals surface area contributed by atoms with Gasteiger partial charge in [0.25, 0.3) is 0 Å². The van der Waals surface area contributed by atoms with Gasteiger partial charge in [-0.3, -0.25) is 4.79 Å². The Morgan fingerprint density at radius 1 is 1.48 bits per heavy atom. The third-order valence-corrected chi connectivity index (χ3v) is 4.83. The molecule has 1 aliphatic heterocycles. The number of hydrogen-bond acceptors (Lipinski definition) is 3. The third kappa shape index (κ3) is 5.53. The number of amides is 1. The molecule has 2 N–H and O–H groups in total. The minimum atomic E-state index is 0. The van der Waals surface area contributed by atoms with Crippen molar-refractivity contribution in [3.63, 3.8) is 0 Å². The zero-order chi connectivity index (χ0) is 14.5. The van der Waals surface area contributed by atoms with E-state index in [9.17, 15) is 4.79 Å². The topological polar surface area (TPSA) is 41.1 Å². The van der Waals surface area contributed by atoms with Crippen LogP contribution in [0.5, 0.6) is 0 Å². The molecule has 0 saturated carbocycles. The first kappa shape index (κ1) is 18.3. The Balaban J connectivity index is 0.00000220. The lowest BCUT2D eigenvalue weighted by molar-refractivity contribution is -0.122. The molecular formula is C16H25ClN2OS. The number of carbonyl (C=O) groups is 1. The number of hydrogen-bond donors (Lipinski definition) is 2. The second-order valence-electron chi connectivity index (χ2n) is 5.58. The molecule has 2 unspecified atom stereocenters. The smallest absolute Gasteiger partial charge is 0.222 e. The van der Waals surface area contributed by atoms with E-state index in [4.69, 9.17) is 0 Å². The van der Waals surface area contributed by atoms with Crippen molar-refractivity contribution in [1.82, 2.24) is 10.6 Å². The Bertz CT molecular complexity index is 475. The Kier molecular flexibility index (Phi) is 7.57. The Morgan fingerprint density at radius 3 is 2.86 bits per heavy atom. The van der Waals surface area contributed by atoms with Crippen LogP contribution in [0.4, 0.5) is 0 Å². The largest absolute Gasteiger partial charge is 0.350 e. The van der Waals surface area contributed by atoms with Gasteiger partial charge in [0, 0.05) is 30.5 Å². The summed E-state index contributed by atoms with van der Waals surface area (Å²) in [6.45, 7) is 7.25. The fourth-order valence-electron chi connectivity index (χ4n) is 2.66. The minimum absolute atomic E-state index is 0. The molecule has 5 heteroatoms. The molecule has 2 atom stereocenters. The number of halogens is 1. The molecule has 0 bridgehead atoms. The summed E-state index contributed by atoms with van der Waals surface area (Å²) in [5, 5.41) is 6.52. The first-order valence-electron chi connectivity index (χ1n) is 7.24. The number of thioether (sulfide) groups is 1. The minimum Gasteiger partial charge on any atom is -0.350 e. The van der Waals surface area contributed by atoms with Crippen LogP contribution in [0.15, 0.2) is 18.2 Å². The van der Waals surface area contributed by atoms with Gasteiger partial charge < -0.3 is 10.6 Å². The lowest BCUT2D eigenvalue weighted by Crippen LogP contribution is -2.41. The fourth-order valence-corrected chi connectivity index (χ4v) is 3.61. The molecule has 1 aromatic carbocycles. The fraction of sp³-hybridized carbons (Fsp3) is 0.562. The predicted molar refractivity (Wildman–Crippen MR) is 93.5 cm³/mol. The lowest BCUT2D eigenvalue weighted by atomic mass is 10.00. The highest BCUT2D eigenvalue weighted by Gasteiger charge is 2.18. The third-order valence-electron chi connectivity index (χ3n) is 3.70. The summed E-state index contributed by atoms with van der Waals surface area (Å²) in [7, 11) is 0. The first-order chi connectivity index (χ1) is 9.56. The second kappa shape index (κ2) is 8.66. The molecule has 0 radical (unpaired) electrons. The Hall–Kier alpha value is -0.710. The lowest BCUT2D eigenvalue weighted by Gasteiger charge is -2.24. The van der Waals surface area contributed by atoms with Gasteiger partial charge in [0.05, 0.1) is 6.04 Å². The van der Waals surface area contributed by atoms with Crippen molar-refractivity contribution in [2.75, 3.05) is 18.1 Å². The molecule has 1 saturated heterocycles. The number of aryl methyl sites for hydroxylation is 2. The highest BCUT2D eigenvalue weighted by molar-refractivity contribution is 7.99. The van der Waals surface area contributed by atoms with Gasteiger partial charge in [0.15, 0.2) is 0 Å². The van der Waals surface area contributed by atoms with Crippen molar-refractivity contribution < 1.29 is 4.79 Å². The van der Waals surface area contributed by atoms with Gasteiger partial charge in [-0.05, 0) is 31.9 Å². The number of carbonyl (C=O) groups excluding carboxylic acids is 1. The molecular weight excluding hydrogens is 304 g/mol. The highest BCUT2D eigenvalue weighted by Crippen LogP contribution is 2.19. The maximum Gasteiger partial charge on any atom is 0.222 e. The van der Waals surface area contributed by atoms with Crippen molar-refractivity contribution in [1.29, 1.82) is 0 Å². The first-order valence-corrected chi connectivity index (χ1v) is 8.39. The van der Waals surface area contributed by atoms with E-state index < -0.39 is 0 Å². The van der Waals surface area contributed by atoms with Crippen molar-refractivity contribution in [3.8, 4) is 0 Å². The van der Waals surface area contributed by atoms with Crippen LogP contribution in [0.25, 0.3) is 0 Å². The normalized spacial score (nSPS) is 19.5. The van der Waals surface area contributed by atoms with E-state index in [0.717, 1.165) is 18.1 Å². The van der Waals surface area contributed by atoms with Crippen LogP contribution in [0.1, 0.15) is 36.1 Å². The van der Waals surface area contributed by atoms with Gasteiger partial charge in [-0.15, -0.1) is 12.4 Å². The molecule has 1 fully saturated rings. The molecule has 0 aliphatic carbocycles. The molecule has 21 heavy (non-hydrogen) atoms. The maximum absolute atomic E-state index is 12.1. The summed E-state index contributed by atoms with van der Waals surface area (Å²) in [6, 6.07) is 6.77. The predicted octanol–water partition coefficient (Wildman–Crippen LogP) is 3.00. The molecule has 0 aromatic heterocycles. The molecule has 3 nitrogen and oxygen atoms in total. The number of benzene rings is 1. The van der Waals surface area contributed by atoms with E-state index in [-0.39, 0.29) is 24.4 Å². The van der Waals surface area contributed by atoms with Gasteiger partial charge in [-0.1, -0.05) is 23.8 Å². The molecule has 0 spiro atoms. The van der Waals surface area contributed by atoms with Gasteiger partial charge in [0.1, 0.15) is 0 Å². The van der Waals surface area contributed by atoms with Gasteiger partial charge in [0.2, 0.25) is 5.91 Å². The summed E-state index contributed by atoms with van der Waals surface area (Å²) in [4.78, 5) is 12.1.